The molecule has 8 nitrogen and oxygen atoms in total. The molecule has 0 radical (unpaired) electrons. The zero-order valence-corrected chi connectivity index (χ0v) is 10.8. The van der Waals surface area contributed by atoms with E-state index in [1.165, 1.54) is 7.11 Å². The monoisotopic (exact) mass is 294 g/mol. The van der Waals surface area contributed by atoms with Crippen LogP contribution in [-0.2, 0) is 10.4 Å². The summed E-state index contributed by atoms with van der Waals surface area (Å²) in [6.45, 7) is 0.148. The minimum Gasteiger partial charge on any atom is -0.493 e. The Labute approximate surface area is 110 Å². The molecule has 0 atom stereocenters. The van der Waals surface area contributed by atoms with Crippen molar-refractivity contribution in [3.8, 4) is 11.5 Å². The zero-order chi connectivity index (χ0) is 14.9. The number of methoxy groups -OCH3 is 1. The van der Waals surface area contributed by atoms with Crippen molar-refractivity contribution < 1.29 is 36.9 Å². The van der Waals surface area contributed by atoms with E-state index in [0.717, 1.165) is 6.29 Å². The number of hydrogen-bond acceptors (Lipinski definition) is 6. The number of aldehydes is 1. The standard InChI is InChI=1S/C10H12O4.H2O4S/c1-13-10-6-8(7-12)2-3-9(10)14-5-4-11;1-5(2,3)4/h2-3,6-7,11H,4-5H2,1H3;(H2,1,2,3,4). The first-order chi connectivity index (χ1) is 8.81. The molecule has 0 saturated carbocycles. The second-order valence-electron chi connectivity index (χ2n) is 3.05. The number of benzene rings is 1. The maximum Gasteiger partial charge on any atom is 0.394 e. The number of hydrogen-bond donors (Lipinski definition) is 3. The molecule has 3 N–H and O–H groups in total. The van der Waals surface area contributed by atoms with Crippen molar-refractivity contribution >= 4 is 16.7 Å². The molecule has 0 aliphatic rings. The van der Waals surface area contributed by atoms with Crippen molar-refractivity contribution in [2.75, 3.05) is 20.3 Å². The van der Waals surface area contributed by atoms with Gasteiger partial charge in [0.1, 0.15) is 12.9 Å². The molecule has 0 aromatic heterocycles. The highest BCUT2D eigenvalue weighted by molar-refractivity contribution is 7.79. The van der Waals surface area contributed by atoms with Crippen LogP contribution in [-0.4, -0.2) is 49.2 Å². The number of carbonyl (C=O) groups excluding carboxylic acids is 1. The fourth-order valence-corrected chi connectivity index (χ4v) is 1.03. The Morgan fingerprint density at radius 1 is 1.26 bits per heavy atom. The summed E-state index contributed by atoms with van der Waals surface area (Å²) in [4.78, 5) is 10.5. The molecule has 0 bridgehead atoms. The van der Waals surface area contributed by atoms with Crippen LogP contribution in [0.1, 0.15) is 10.4 Å². The number of aliphatic hydroxyl groups excluding tert-OH is 1. The lowest BCUT2D eigenvalue weighted by Crippen LogP contribution is -2.03. The van der Waals surface area contributed by atoms with Crippen LogP contribution in [0, 0.1) is 0 Å². The Hall–Kier alpha value is -1.68. The molecule has 0 heterocycles. The number of ether oxygens (including phenoxy) is 2. The van der Waals surface area contributed by atoms with Crippen LogP contribution in [0.5, 0.6) is 11.5 Å². The molecule has 1 rings (SSSR count). The fourth-order valence-electron chi connectivity index (χ4n) is 1.03. The van der Waals surface area contributed by atoms with E-state index in [2.05, 4.69) is 0 Å². The second kappa shape index (κ2) is 8.43. The summed E-state index contributed by atoms with van der Waals surface area (Å²) in [5.41, 5.74) is 0.526. The van der Waals surface area contributed by atoms with E-state index in [4.69, 9.17) is 32.1 Å². The molecule has 1 aromatic rings. The third kappa shape index (κ3) is 8.97. The van der Waals surface area contributed by atoms with Crippen LogP contribution >= 0.6 is 0 Å². The smallest absolute Gasteiger partial charge is 0.394 e. The lowest BCUT2D eigenvalue weighted by Gasteiger charge is -2.09. The minimum absolute atomic E-state index is 0.0570. The predicted octanol–water partition coefficient (Wildman–Crippen LogP) is 0.226. The van der Waals surface area contributed by atoms with E-state index in [9.17, 15) is 4.79 Å². The van der Waals surface area contributed by atoms with Gasteiger partial charge in [-0.25, -0.2) is 0 Å². The number of carbonyl (C=O) groups is 1. The first-order valence-electron chi connectivity index (χ1n) is 4.88. The highest BCUT2D eigenvalue weighted by atomic mass is 32.3. The summed E-state index contributed by atoms with van der Waals surface area (Å²) in [7, 11) is -3.17. The molecular weight excluding hydrogens is 280 g/mol. The van der Waals surface area contributed by atoms with Crippen LogP contribution in [0.15, 0.2) is 18.2 Å². The van der Waals surface area contributed by atoms with Crippen molar-refractivity contribution in [3.63, 3.8) is 0 Å². The van der Waals surface area contributed by atoms with E-state index in [0.29, 0.717) is 17.1 Å². The molecule has 0 spiro atoms. The predicted molar refractivity (Wildman–Crippen MR) is 65.1 cm³/mol. The van der Waals surface area contributed by atoms with Crippen molar-refractivity contribution in [2.45, 2.75) is 0 Å². The molecule has 0 fully saturated rings. The number of aliphatic hydroxyl groups is 1. The van der Waals surface area contributed by atoms with Crippen LogP contribution in [0.3, 0.4) is 0 Å². The molecule has 108 valence electrons. The van der Waals surface area contributed by atoms with Crippen molar-refractivity contribution in [1.82, 2.24) is 0 Å². The summed E-state index contributed by atoms with van der Waals surface area (Å²) in [6.07, 6.45) is 0.734. The third-order valence-electron chi connectivity index (χ3n) is 1.67. The molecular formula is C10H14O8S. The second-order valence-corrected chi connectivity index (χ2v) is 3.94. The van der Waals surface area contributed by atoms with Crippen LogP contribution in [0.25, 0.3) is 0 Å². The van der Waals surface area contributed by atoms with Crippen LogP contribution < -0.4 is 9.47 Å². The quantitative estimate of drug-likeness (QED) is 0.519. The average molecular weight is 294 g/mol. The van der Waals surface area contributed by atoms with Crippen LogP contribution in [0.2, 0.25) is 0 Å². The van der Waals surface area contributed by atoms with Gasteiger partial charge in [-0.15, -0.1) is 0 Å². The van der Waals surface area contributed by atoms with Gasteiger partial charge in [-0.2, -0.15) is 8.42 Å². The molecule has 0 amide bonds. The normalized spacial score (nSPS) is 10.1. The molecule has 1 aromatic carbocycles. The first kappa shape index (κ1) is 17.3. The summed E-state index contributed by atoms with van der Waals surface area (Å²) in [5, 5.41) is 8.57. The molecule has 0 aliphatic heterocycles. The largest absolute Gasteiger partial charge is 0.493 e. The molecule has 0 aliphatic carbocycles. The van der Waals surface area contributed by atoms with E-state index in [-0.39, 0.29) is 13.2 Å². The van der Waals surface area contributed by atoms with Gasteiger partial charge >= 0.3 is 10.4 Å². The van der Waals surface area contributed by atoms with E-state index < -0.39 is 10.4 Å². The molecule has 19 heavy (non-hydrogen) atoms. The minimum atomic E-state index is -4.67. The number of rotatable bonds is 5. The van der Waals surface area contributed by atoms with E-state index in [1.807, 2.05) is 0 Å². The summed E-state index contributed by atoms with van der Waals surface area (Å²) in [5.74, 6) is 1.01. The topological polar surface area (TPSA) is 130 Å². The van der Waals surface area contributed by atoms with Gasteiger partial charge in [-0.3, -0.25) is 13.9 Å². The Kier molecular flexibility index (Phi) is 7.68. The molecule has 9 heteroatoms. The fraction of sp³-hybridized carbons (Fsp3) is 0.300. The highest BCUT2D eigenvalue weighted by Crippen LogP contribution is 2.27. The Bertz CT molecular complexity index is 488. The Morgan fingerprint density at radius 2 is 1.84 bits per heavy atom. The van der Waals surface area contributed by atoms with Crippen molar-refractivity contribution in [3.05, 3.63) is 23.8 Å². The Morgan fingerprint density at radius 3 is 2.26 bits per heavy atom. The van der Waals surface area contributed by atoms with Crippen molar-refractivity contribution in [2.24, 2.45) is 0 Å². The summed E-state index contributed by atoms with van der Waals surface area (Å²) in [6, 6.07) is 4.85. The van der Waals surface area contributed by atoms with Gasteiger partial charge in [0.05, 0.1) is 13.7 Å². The summed E-state index contributed by atoms with van der Waals surface area (Å²) < 4.78 is 41.8. The first-order valence-corrected chi connectivity index (χ1v) is 6.28. The molecule has 0 unspecified atom stereocenters. The van der Waals surface area contributed by atoms with Gasteiger partial charge in [0.2, 0.25) is 0 Å². The van der Waals surface area contributed by atoms with Gasteiger partial charge in [0, 0.05) is 5.56 Å². The zero-order valence-electron chi connectivity index (χ0n) is 10.0. The maximum atomic E-state index is 10.5. The van der Waals surface area contributed by atoms with E-state index >= 15 is 0 Å². The SMILES string of the molecule is COc1cc(C=O)ccc1OCCO.O=S(=O)(O)O. The Balaban J connectivity index is 0.000000555. The van der Waals surface area contributed by atoms with Gasteiger partial charge < -0.3 is 14.6 Å². The van der Waals surface area contributed by atoms with E-state index in [1.54, 1.807) is 18.2 Å². The average Bonchev–Trinajstić information content (AvgIpc) is 2.34. The van der Waals surface area contributed by atoms with Crippen LogP contribution in [0.4, 0.5) is 0 Å². The summed E-state index contributed by atoms with van der Waals surface area (Å²) >= 11 is 0. The lowest BCUT2D eigenvalue weighted by molar-refractivity contribution is 0.112. The maximum absolute atomic E-state index is 10.5. The van der Waals surface area contributed by atoms with Gasteiger partial charge in [0.15, 0.2) is 11.5 Å². The van der Waals surface area contributed by atoms with Gasteiger partial charge in [-0.05, 0) is 18.2 Å². The molecule has 0 saturated heterocycles. The highest BCUT2D eigenvalue weighted by Gasteiger charge is 2.04. The van der Waals surface area contributed by atoms with Crippen molar-refractivity contribution in [1.29, 1.82) is 0 Å². The third-order valence-corrected chi connectivity index (χ3v) is 1.67. The lowest BCUT2D eigenvalue weighted by atomic mass is 10.2. The van der Waals surface area contributed by atoms with Gasteiger partial charge in [-0.1, -0.05) is 0 Å². The van der Waals surface area contributed by atoms with Gasteiger partial charge in [0.25, 0.3) is 0 Å².